The van der Waals surface area contributed by atoms with Crippen molar-refractivity contribution in [1.82, 2.24) is 9.97 Å². The maximum atomic E-state index is 4.94. The molecule has 0 radical (unpaired) electrons. The molecule has 0 spiro atoms. The summed E-state index contributed by atoms with van der Waals surface area (Å²) in [7, 11) is 0. The van der Waals surface area contributed by atoms with Crippen molar-refractivity contribution in [2.24, 2.45) is 0 Å². The van der Waals surface area contributed by atoms with E-state index in [0.29, 0.717) is 0 Å². The van der Waals surface area contributed by atoms with E-state index in [0.717, 1.165) is 17.1 Å². The highest BCUT2D eigenvalue weighted by Crippen LogP contribution is 2.43. The van der Waals surface area contributed by atoms with Crippen LogP contribution in [-0.4, -0.2) is 9.97 Å². The Kier molecular flexibility index (Phi) is 2.99. The molecule has 116 valence electrons. The summed E-state index contributed by atoms with van der Waals surface area (Å²) < 4.78 is 2.76. The van der Waals surface area contributed by atoms with Gasteiger partial charge in [-0.2, -0.15) is 0 Å². The van der Waals surface area contributed by atoms with Crippen molar-refractivity contribution in [2.45, 2.75) is 13.8 Å². The third kappa shape index (κ3) is 1.81. The maximum Gasteiger partial charge on any atom is 0.0925 e. The molecule has 4 heterocycles. The fourth-order valence-electron chi connectivity index (χ4n) is 3.58. The third-order valence-electron chi connectivity index (χ3n) is 4.60. The standard InChI is InChI=1S/C20H14N2S2/c1-11-16-13-6-9-23-19(13)20-14(7-10-24-20)17(16)12(2)22-18(11)15-5-3-4-8-21-15/h3-10H,1-2H3. The first-order valence-electron chi connectivity index (χ1n) is 7.84. The van der Waals surface area contributed by atoms with Crippen molar-refractivity contribution < 1.29 is 0 Å². The Balaban J connectivity index is 2.05. The first-order valence-corrected chi connectivity index (χ1v) is 9.60. The van der Waals surface area contributed by atoms with Crippen molar-refractivity contribution in [2.75, 3.05) is 0 Å². The molecule has 0 atom stereocenters. The fraction of sp³-hybridized carbons (Fsp3) is 0.100. The van der Waals surface area contributed by atoms with E-state index in [4.69, 9.17) is 4.98 Å². The van der Waals surface area contributed by atoms with E-state index in [1.807, 2.05) is 47.1 Å². The van der Waals surface area contributed by atoms with Crippen molar-refractivity contribution >= 4 is 53.6 Å². The molecule has 0 saturated carbocycles. The number of thiophene rings is 2. The Morgan fingerprint density at radius 3 is 2.21 bits per heavy atom. The Bertz CT molecular complexity index is 1220. The van der Waals surface area contributed by atoms with Gasteiger partial charge in [0.2, 0.25) is 0 Å². The van der Waals surface area contributed by atoms with E-state index in [2.05, 4.69) is 41.7 Å². The molecular weight excluding hydrogens is 332 g/mol. The quantitative estimate of drug-likeness (QED) is 0.354. The second-order valence-corrected chi connectivity index (χ2v) is 7.79. The molecule has 0 unspecified atom stereocenters. The number of rotatable bonds is 1. The van der Waals surface area contributed by atoms with Gasteiger partial charge in [-0.15, -0.1) is 22.7 Å². The van der Waals surface area contributed by atoms with Crippen LogP contribution in [-0.2, 0) is 0 Å². The fourth-order valence-corrected chi connectivity index (χ4v) is 5.57. The molecule has 0 fully saturated rings. The highest BCUT2D eigenvalue weighted by Gasteiger charge is 2.18. The topological polar surface area (TPSA) is 25.8 Å². The number of aryl methyl sites for hydroxylation is 2. The summed E-state index contributed by atoms with van der Waals surface area (Å²) in [5.41, 5.74) is 4.22. The first-order chi connectivity index (χ1) is 11.8. The van der Waals surface area contributed by atoms with Crippen LogP contribution in [0.5, 0.6) is 0 Å². The second kappa shape index (κ2) is 5.10. The zero-order valence-corrected chi connectivity index (χ0v) is 15.0. The van der Waals surface area contributed by atoms with Crippen LogP contribution in [0.4, 0.5) is 0 Å². The van der Waals surface area contributed by atoms with Crippen LogP contribution in [0, 0.1) is 13.8 Å². The number of aromatic nitrogens is 2. The Hall–Kier alpha value is -2.30. The molecular formula is C20H14N2S2. The van der Waals surface area contributed by atoms with Gasteiger partial charge in [0, 0.05) is 28.0 Å². The number of hydrogen-bond donors (Lipinski definition) is 0. The Morgan fingerprint density at radius 1 is 0.833 bits per heavy atom. The van der Waals surface area contributed by atoms with Crippen LogP contribution in [0.3, 0.4) is 0 Å². The minimum absolute atomic E-state index is 0.939. The maximum absolute atomic E-state index is 4.94. The summed E-state index contributed by atoms with van der Waals surface area (Å²) in [5, 5.41) is 9.65. The van der Waals surface area contributed by atoms with Crippen LogP contribution >= 0.6 is 22.7 Å². The van der Waals surface area contributed by atoms with Gasteiger partial charge in [0.25, 0.3) is 0 Å². The minimum atomic E-state index is 0.939. The molecule has 2 nitrogen and oxygen atoms in total. The largest absolute Gasteiger partial charge is 0.255 e. The predicted molar refractivity (Wildman–Crippen MR) is 105 cm³/mol. The van der Waals surface area contributed by atoms with Crippen LogP contribution in [0.1, 0.15) is 11.3 Å². The van der Waals surface area contributed by atoms with Crippen molar-refractivity contribution in [3.05, 3.63) is 58.5 Å². The molecule has 5 rings (SSSR count). The monoisotopic (exact) mass is 346 g/mol. The Morgan fingerprint density at radius 2 is 1.54 bits per heavy atom. The molecule has 5 aromatic rings. The van der Waals surface area contributed by atoms with Crippen LogP contribution < -0.4 is 0 Å². The van der Waals surface area contributed by atoms with Gasteiger partial charge >= 0.3 is 0 Å². The van der Waals surface area contributed by atoms with E-state index in [1.165, 1.54) is 36.5 Å². The van der Waals surface area contributed by atoms with E-state index in [9.17, 15) is 0 Å². The summed E-state index contributed by atoms with van der Waals surface area (Å²) in [6.45, 7) is 4.29. The lowest BCUT2D eigenvalue weighted by atomic mass is 9.96. The normalized spacial score (nSPS) is 11.8. The molecule has 0 aliphatic rings. The number of hydrogen-bond acceptors (Lipinski definition) is 4. The van der Waals surface area contributed by atoms with Gasteiger partial charge in [-0.25, -0.2) is 0 Å². The molecule has 0 amide bonds. The van der Waals surface area contributed by atoms with Gasteiger partial charge < -0.3 is 0 Å². The first kappa shape index (κ1) is 14.1. The van der Waals surface area contributed by atoms with Gasteiger partial charge in [-0.3, -0.25) is 9.97 Å². The molecule has 4 aromatic heterocycles. The zero-order chi connectivity index (χ0) is 16.3. The summed E-state index contributed by atoms with van der Waals surface area (Å²) in [6, 6.07) is 10.5. The van der Waals surface area contributed by atoms with E-state index >= 15 is 0 Å². The lowest BCUT2D eigenvalue weighted by molar-refractivity contribution is 1.18. The summed E-state index contributed by atoms with van der Waals surface area (Å²) in [4.78, 5) is 9.46. The molecule has 0 bridgehead atoms. The molecule has 1 aromatic carbocycles. The van der Waals surface area contributed by atoms with Crippen molar-refractivity contribution in [1.29, 1.82) is 0 Å². The Labute approximate surface area is 147 Å². The van der Waals surface area contributed by atoms with Crippen LogP contribution in [0.15, 0.2) is 47.3 Å². The third-order valence-corrected chi connectivity index (χ3v) is 6.60. The van der Waals surface area contributed by atoms with E-state index in [1.54, 1.807) is 0 Å². The molecule has 0 N–H and O–H groups in total. The van der Waals surface area contributed by atoms with Crippen molar-refractivity contribution in [3.8, 4) is 11.4 Å². The van der Waals surface area contributed by atoms with Gasteiger partial charge in [0.05, 0.1) is 20.8 Å². The average Bonchev–Trinajstić information content (AvgIpc) is 3.26. The second-order valence-electron chi connectivity index (χ2n) is 5.96. The van der Waals surface area contributed by atoms with Crippen LogP contribution in [0.2, 0.25) is 0 Å². The molecule has 24 heavy (non-hydrogen) atoms. The number of benzene rings is 1. The summed E-state index contributed by atoms with van der Waals surface area (Å²) in [5.74, 6) is 0. The summed E-state index contributed by atoms with van der Waals surface area (Å²) >= 11 is 3.65. The highest BCUT2D eigenvalue weighted by atomic mass is 32.1. The lowest BCUT2D eigenvalue weighted by Gasteiger charge is -2.13. The smallest absolute Gasteiger partial charge is 0.0925 e. The SMILES string of the molecule is Cc1nc(-c2ccccn2)c(C)c2c3ccsc3c3sccc3c12. The summed E-state index contributed by atoms with van der Waals surface area (Å²) in [6.07, 6.45) is 1.83. The molecule has 4 heteroatoms. The molecule has 0 aliphatic heterocycles. The number of pyridine rings is 2. The predicted octanol–water partition coefficient (Wildman–Crippen LogP) is 6.34. The van der Waals surface area contributed by atoms with Gasteiger partial charge in [0.1, 0.15) is 0 Å². The lowest BCUT2D eigenvalue weighted by Crippen LogP contribution is -1.96. The average molecular weight is 346 g/mol. The van der Waals surface area contributed by atoms with E-state index in [-0.39, 0.29) is 0 Å². The van der Waals surface area contributed by atoms with E-state index < -0.39 is 0 Å². The molecule has 0 aliphatic carbocycles. The van der Waals surface area contributed by atoms with Crippen molar-refractivity contribution in [3.63, 3.8) is 0 Å². The van der Waals surface area contributed by atoms with Gasteiger partial charge in [-0.05, 0) is 59.8 Å². The van der Waals surface area contributed by atoms with Gasteiger partial charge in [0.15, 0.2) is 0 Å². The van der Waals surface area contributed by atoms with Gasteiger partial charge in [-0.1, -0.05) is 6.07 Å². The number of fused-ring (bicyclic) bond motifs is 6. The van der Waals surface area contributed by atoms with Crippen LogP contribution in [0.25, 0.3) is 42.3 Å². The number of nitrogens with zero attached hydrogens (tertiary/aromatic N) is 2. The zero-order valence-electron chi connectivity index (χ0n) is 13.3. The molecule has 0 saturated heterocycles. The minimum Gasteiger partial charge on any atom is -0.255 e. The highest BCUT2D eigenvalue weighted by molar-refractivity contribution is 7.25.